The average Bonchev–Trinajstić information content (AvgIpc) is 2.74. The van der Waals surface area contributed by atoms with Crippen LogP contribution in [-0.2, 0) is 0 Å². The molecule has 0 spiro atoms. The third-order valence-corrected chi connectivity index (χ3v) is 6.29. The summed E-state index contributed by atoms with van der Waals surface area (Å²) < 4.78 is 0. The van der Waals surface area contributed by atoms with Crippen molar-refractivity contribution in [2.75, 3.05) is 30.0 Å². The minimum atomic E-state index is 0.161. The molecule has 5 heteroatoms. The van der Waals surface area contributed by atoms with E-state index in [1.165, 1.54) is 24.3 Å². The maximum absolute atomic E-state index is 12.0. The van der Waals surface area contributed by atoms with Gasteiger partial charge in [-0.1, -0.05) is 13.3 Å². The number of ketones is 1. The molecule has 0 radical (unpaired) electrons. The Morgan fingerprint density at radius 1 is 1.45 bits per heavy atom. The molecular formula is C15H24N2OS2. The predicted molar refractivity (Wildman–Crippen MR) is 90.4 cm³/mol. The molecule has 1 aliphatic rings. The van der Waals surface area contributed by atoms with E-state index in [1.807, 2.05) is 13.2 Å². The molecule has 1 aliphatic carbocycles. The number of carbonyl (C=O) groups excluding carboxylic acids is 1. The number of rotatable bonds is 7. The molecular weight excluding hydrogens is 288 g/mol. The van der Waals surface area contributed by atoms with Crippen LogP contribution in [0.5, 0.6) is 0 Å². The minimum Gasteiger partial charge on any atom is -0.396 e. The highest BCUT2D eigenvalue weighted by molar-refractivity contribution is 7.99. The molecule has 1 fully saturated rings. The number of nitrogens with two attached hydrogens (primary N) is 1. The number of thioether (sulfide) groups is 1. The fourth-order valence-corrected chi connectivity index (χ4v) is 4.80. The molecule has 0 bridgehead atoms. The van der Waals surface area contributed by atoms with Gasteiger partial charge in [0.1, 0.15) is 5.00 Å². The van der Waals surface area contributed by atoms with E-state index in [-0.39, 0.29) is 5.78 Å². The van der Waals surface area contributed by atoms with Gasteiger partial charge in [-0.3, -0.25) is 4.79 Å². The van der Waals surface area contributed by atoms with Crippen molar-refractivity contribution in [1.29, 1.82) is 0 Å². The monoisotopic (exact) mass is 312 g/mol. The van der Waals surface area contributed by atoms with E-state index in [1.54, 1.807) is 23.1 Å². The van der Waals surface area contributed by atoms with E-state index in [0.717, 1.165) is 28.8 Å². The Balaban J connectivity index is 2.30. The van der Waals surface area contributed by atoms with Gasteiger partial charge in [0.15, 0.2) is 5.78 Å². The Morgan fingerprint density at radius 2 is 2.15 bits per heavy atom. The lowest BCUT2D eigenvalue weighted by Crippen LogP contribution is -2.32. The van der Waals surface area contributed by atoms with Gasteiger partial charge in [-0.2, -0.15) is 0 Å². The number of hydrogen-bond acceptors (Lipinski definition) is 5. The highest BCUT2D eigenvalue weighted by Gasteiger charge is 2.26. The summed E-state index contributed by atoms with van der Waals surface area (Å²) in [6, 6.07) is 0. The van der Waals surface area contributed by atoms with Gasteiger partial charge in [0.05, 0.1) is 15.5 Å². The number of Topliss-reactive ketones (excluding diaryl/α,β-unsaturated/α-hetero) is 1. The highest BCUT2D eigenvalue weighted by atomic mass is 32.2. The van der Waals surface area contributed by atoms with Crippen molar-refractivity contribution in [3.05, 3.63) is 4.88 Å². The first-order valence-corrected chi connectivity index (χ1v) is 9.40. The SMILES string of the molecule is CCC(=O)c1sc(N(CC)CC2CCC2)c(SC)c1N. The van der Waals surface area contributed by atoms with Crippen molar-refractivity contribution in [1.82, 2.24) is 0 Å². The van der Waals surface area contributed by atoms with Crippen molar-refractivity contribution >= 4 is 39.6 Å². The van der Waals surface area contributed by atoms with Crippen molar-refractivity contribution in [3.63, 3.8) is 0 Å². The van der Waals surface area contributed by atoms with E-state index in [0.29, 0.717) is 12.1 Å². The molecule has 0 unspecified atom stereocenters. The maximum Gasteiger partial charge on any atom is 0.174 e. The zero-order valence-electron chi connectivity index (χ0n) is 12.6. The maximum atomic E-state index is 12.0. The molecule has 1 aromatic rings. The fourth-order valence-electron chi connectivity index (χ4n) is 2.53. The van der Waals surface area contributed by atoms with Crippen molar-refractivity contribution in [2.24, 2.45) is 5.92 Å². The summed E-state index contributed by atoms with van der Waals surface area (Å²) in [5, 5.41) is 1.20. The predicted octanol–water partition coefficient (Wildman–Crippen LogP) is 4.27. The Labute approximate surface area is 129 Å². The number of hydrogen-bond donors (Lipinski definition) is 1. The van der Waals surface area contributed by atoms with Crippen LogP contribution in [0.3, 0.4) is 0 Å². The molecule has 2 rings (SSSR count). The third kappa shape index (κ3) is 2.98. The first-order chi connectivity index (χ1) is 9.62. The van der Waals surface area contributed by atoms with E-state index in [2.05, 4.69) is 11.8 Å². The number of anilines is 2. The zero-order chi connectivity index (χ0) is 14.7. The third-order valence-electron chi connectivity index (χ3n) is 4.03. The summed E-state index contributed by atoms with van der Waals surface area (Å²) in [5.41, 5.74) is 6.89. The lowest BCUT2D eigenvalue weighted by Gasteiger charge is -2.32. The van der Waals surface area contributed by atoms with Crippen LogP contribution in [0.1, 0.15) is 49.2 Å². The van der Waals surface area contributed by atoms with E-state index in [9.17, 15) is 4.79 Å². The van der Waals surface area contributed by atoms with Gasteiger partial charge in [-0.15, -0.1) is 23.1 Å². The fraction of sp³-hybridized carbons (Fsp3) is 0.667. The van der Waals surface area contributed by atoms with E-state index >= 15 is 0 Å². The van der Waals surface area contributed by atoms with Crippen LogP contribution in [0, 0.1) is 5.92 Å². The second kappa shape index (κ2) is 6.85. The molecule has 20 heavy (non-hydrogen) atoms. The zero-order valence-corrected chi connectivity index (χ0v) is 14.2. The number of carbonyl (C=O) groups is 1. The highest BCUT2D eigenvalue weighted by Crippen LogP contribution is 2.45. The molecule has 0 atom stereocenters. The molecule has 1 heterocycles. The molecule has 0 amide bonds. The summed E-state index contributed by atoms with van der Waals surface area (Å²) in [4.78, 5) is 16.3. The molecule has 112 valence electrons. The topological polar surface area (TPSA) is 46.3 Å². The van der Waals surface area contributed by atoms with Gasteiger partial charge in [0.2, 0.25) is 0 Å². The Hall–Kier alpha value is -0.680. The Kier molecular flexibility index (Phi) is 5.38. The number of nitrogens with zero attached hydrogens (tertiary/aromatic N) is 1. The summed E-state index contributed by atoms with van der Waals surface area (Å²) in [6.45, 7) is 6.15. The lowest BCUT2D eigenvalue weighted by atomic mass is 9.85. The van der Waals surface area contributed by atoms with Gasteiger partial charge in [0, 0.05) is 19.5 Å². The second-order valence-corrected chi connectivity index (χ2v) is 7.11. The van der Waals surface area contributed by atoms with E-state index in [4.69, 9.17) is 5.73 Å². The first-order valence-electron chi connectivity index (χ1n) is 7.36. The molecule has 1 aromatic heterocycles. The summed E-state index contributed by atoms with van der Waals surface area (Å²) in [5.74, 6) is 0.979. The number of nitrogen functional groups attached to an aromatic ring is 1. The van der Waals surface area contributed by atoms with E-state index < -0.39 is 0 Å². The van der Waals surface area contributed by atoms with Gasteiger partial charge in [-0.25, -0.2) is 0 Å². The van der Waals surface area contributed by atoms with Crippen LogP contribution in [0.2, 0.25) is 0 Å². The van der Waals surface area contributed by atoms with Crippen molar-refractivity contribution in [2.45, 2.75) is 44.4 Å². The van der Waals surface area contributed by atoms with Crippen LogP contribution in [0.4, 0.5) is 10.7 Å². The molecule has 1 saturated carbocycles. The summed E-state index contributed by atoms with van der Waals surface area (Å²) in [7, 11) is 0. The van der Waals surface area contributed by atoms with Crippen LogP contribution in [-0.4, -0.2) is 25.1 Å². The largest absolute Gasteiger partial charge is 0.396 e. The van der Waals surface area contributed by atoms with Gasteiger partial charge in [-0.05, 0) is 31.9 Å². The lowest BCUT2D eigenvalue weighted by molar-refractivity contribution is 0.0992. The van der Waals surface area contributed by atoms with Crippen molar-refractivity contribution in [3.8, 4) is 0 Å². The standard InChI is InChI=1S/C15H24N2OS2/c1-4-11(18)13-12(16)14(19-3)15(20-13)17(5-2)9-10-7-6-8-10/h10H,4-9,16H2,1-3H3. The van der Waals surface area contributed by atoms with Gasteiger partial charge in [0.25, 0.3) is 0 Å². The molecule has 3 nitrogen and oxygen atoms in total. The van der Waals surface area contributed by atoms with Crippen LogP contribution in [0.15, 0.2) is 4.90 Å². The molecule has 0 aliphatic heterocycles. The van der Waals surface area contributed by atoms with Gasteiger partial charge >= 0.3 is 0 Å². The van der Waals surface area contributed by atoms with Crippen LogP contribution in [0.25, 0.3) is 0 Å². The Bertz CT molecular complexity index is 480. The molecule has 0 saturated heterocycles. The van der Waals surface area contributed by atoms with Crippen LogP contribution >= 0.6 is 23.1 Å². The molecule has 2 N–H and O–H groups in total. The second-order valence-electron chi connectivity index (χ2n) is 5.30. The normalized spacial score (nSPS) is 15.2. The smallest absolute Gasteiger partial charge is 0.174 e. The van der Waals surface area contributed by atoms with Crippen LogP contribution < -0.4 is 10.6 Å². The first kappa shape index (κ1) is 15.7. The Morgan fingerprint density at radius 3 is 2.60 bits per heavy atom. The number of thiophene rings is 1. The van der Waals surface area contributed by atoms with Crippen molar-refractivity contribution < 1.29 is 4.79 Å². The quantitative estimate of drug-likeness (QED) is 0.603. The summed E-state index contributed by atoms with van der Waals surface area (Å²) >= 11 is 3.24. The van der Waals surface area contributed by atoms with Gasteiger partial charge < -0.3 is 10.6 Å². The molecule has 0 aromatic carbocycles. The summed E-state index contributed by atoms with van der Waals surface area (Å²) in [6.07, 6.45) is 6.61. The average molecular weight is 313 g/mol. The minimum absolute atomic E-state index is 0.161.